The topological polar surface area (TPSA) is 54.8 Å². The number of piperidine rings is 1. The predicted octanol–water partition coefficient (Wildman–Crippen LogP) is 3.46. The second-order valence-corrected chi connectivity index (χ2v) is 9.35. The summed E-state index contributed by atoms with van der Waals surface area (Å²) in [5.41, 5.74) is 1.21. The molecule has 0 atom stereocenters. The minimum Gasteiger partial charge on any atom is -0.260 e. The molecule has 0 aliphatic carbocycles. The van der Waals surface area contributed by atoms with Crippen molar-refractivity contribution in [3.63, 3.8) is 0 Å². The smallest absolute Gasteiger partial charge is 0.260 e. The van der Waals surface area contributed by atoms with E-state index in [2.05, 4.69) is 40.2 Å². The lowest BCUT2D eigenvalue weighted by Gasteiger charge is -2.25. The van der Waals surface area contributed by atoms with Gasteiger partial charge in [-0.2, -0.15) is 4.31 Å². The molecule has 1 fully saturated rings. The van der Waals surface area contributed by atoms with Gasteiger partial charge in [0.2, 0.25) is 10.0 Å². The highest BCUT2D eigenvalue weighted by Crippen LogP contribution is 2.21. The Hall–Kier alpha value is -2.44. The van der Waals surface area contributed by atoms with Gasteiger partial charge in [-0.15, -0.1) is 0 Å². The van der Waals surface area contributed by atoms with Crippen molar-refractivity contribution in [2.75, 3.05) is 25.0 Å². The van der Waals surface area contributed by atoms with E-state index < -0.39 is 10.0 Å². The van der Waals surface area contributed by atoms with E-state index >= 15 is 0 Å². The number of aromatic amines is 1. The summed E-state index contributed by atoms with van der Waals surface area (Å²) in [6.45, 7) is 1.97. The maximum atomic E-state index is 12.8. The molecule has 6 heteroatoms. The Morgan fingerprint density at radius 2 is 1.71 bits per heavy atom. The molecule has 4 rings (SSSR count). The van der Waals surface area contributed by atoms with Gasteiger partial charge in [0, 0.05) is 19.2 Å². The highest BCUT2D eigenvalue weighted by Gasteiger charge is 2.27. The maximum absolute atomic E-state index is 12.8. The average Bonchev–Trinajstić information content (AvgIpc) is 2.74. The molecular weight excluding hydrogens is 370 g/mol. The lowest BCUT2D eigenvalue weighted by molar-refractivity contribution is -0.367. The van der Waals surface area contributed by atoms with E-state index in [1.54, 1.807) is 16.6 Å². The third-order valence-corrected chi connectivity index (χ3v) is 7.26. The lowest BCUT2D eigenvalue weighted by atomic mass is 10.1. The molecule has 1 aliphatic heterocycles. The number of fused-ring (bicyclic) bond motifs is 1. The van der Waals surface area contributed by atoms with Gasteiger partial charge in [-0.25, -0.2) is 13.4 Å². The van der Waals surface area contributed by atoms with E-state index in [9.17, 15) is 8.42 Å². The van der Waals surface area contributed by atoms with Gasteiger partial charge in [-0.05, 0) is 41.3 Å². The maximum Gasteiger partial charge on any atom is 0.274 e. The minimum absolute atomic E-state index is 0.331. The Morgan fingerprint density at radius 1 is 0.964 bits per heavy atom. The number of benzene rings is 2. The standard InChI is InChI=1S/C22H25N3O2S/c1-24(17-18-9-10-19-7-3-4-8-20(19)15-18)22-12-11-21(16-23-22)28(26,27)25-13-5-2-6-14-25/h3-4,7-12,15-16H,2,5-6,13-14,17H2,1H3/p+1. The number of pyridine rings is 1. The number of aromatic nitrogens is 1. The van der Waals surface area contributed by atoms with Crippen molar-refractivity contribution in [1.82, 2.24) is 4.31 Å². The van der Waals surface area contributed by atoms with Gasteiger partial charge >= 0.3 is 0 Å². The number of sulfonamides is 1. The average molecular weight is 397 g/mol. The van der Waals surface area contributed by atoms with Crippen LogP contribution in [-0.4, -0.2) is 32.9 Å². The summed E-state index contributed by atoms with van der Waals surface area (Å²) in [4.78, 5) is 5.58. The molecule has 0 amide bonds. The molecule has 0 radical (unpaired) electrons. The Morgan fingerprint density at radius 3 is 2.43 bits per heavy atom. The van der Waals surface area contributed by atoms with Crippen LogP contribution in [0.15, 0.2) is 65.7 Å². The molecular formula is C22H26N3O2S+. The lowest BCUT2D eigenvalue weighted by Crippen LogP contribution is -2.36. The summed E-state index contributed by atoms with van der Waals surface area (Å²) in [6.07, 6.45) is 4.60. The summed E-state index contributed by atoms with van der Waals surface area (Å²) >= 11 is 0. The Labute approximate surface area is 166 Å². The fourth-order valence-corrected chi connectivity index (χ4v) is 5.24. The van der Waals surface area contributed by atoms with Crippen LogP contribution >= 0.6 is 0 Å². The van der Waals surface area contributed by atoms with Crippen LogP contribution in [0.25, 0.3) is 10.8 Å². The highest BCUT2D eigenvalue weighted by atomic mass is 32.2. The largest absolute Gasteiger partial charge is 0.274 e. The number of rotatable bonds is 5. The first-order valence-electron chi connectivity index (χ1n) is 9.75. The SMILES string of the molecule is CN(Cc1ccc2ccccc2c1)c1ccc(S(=O)(=O)N2CCCCC2)c[nH+]1. The Bertz CT molecular complexity index is 1060. The summed E-state index contributed by atoms with van der Waals surface area (Å²) < 4.78 is 27.1. The van der Waals surface area contributed by atoms with Crippen molar-refractivity contribution in [2.45, 2.75) is 30.7 Å². The van der Waals surface area contributed by atoms with Crippen LogP contribution in [0, 0.1) is 0 Å². The quantitative estimate of drug-likeness (QED) is 0.664. The molecule has 1 aromatic heterocycles. The van der Waals surface area contributed by atoms with Crippen LogP contribution in [0.5, 0.6) is 0 Å². The second-order valence-electron chi connectivity index (χ2n) is 7.41. The highest BCUT2D eigenvalue weighted by molar-refractivity contribution is 7.89. The molecule has 1 aliphatic rings. The van der Waals surface area contributed by atoms with E-state index in [0.717, 1.165) is 31.6 Å². The molecule has 0 bridgehead atoms. The summed E-state index contributed by atoms with van der Waals surface area (Å²) in [7, 11) is -1.40. The summed E-state index contributed by atoms with van der Waals surface area (Å²) in [5, 5.41) is 2.45. The third-order valence-electron chi connectivity index (χ3n) is 5.37. The van der Waals surface area contributed by atoms with Gasteiger partial charge in [-0.3, -0.25) is 4.90 Å². The van der Waals surface area contributed by atoms with Crippen molar-refractivity contribution in [3.05, 3.63) is 66.4 Å². The number of anilines is 1. The number of hydrogen-bond donors (Lipinski definition) is 0. The molecule has 0 saturated carbocycles. The molecule has 2 aromatic carbocycles. The predicted molar refractivity (Wildman–Crippen MR) is 112 cm³/mol. The summed E-state index contributed by atoms with van der Waals surface area (Å²) in [5.74, 6) is 0.880. The van der Waals surface area contributed by atoms with Crippen LogP contribution < -0.4 is 9.88 Å². The van der Waals surface area contributed by atoms with Crippen molar-refractivity contribution in [1.29, 1.82) is 0 Å². The van der Waals surface area contributed by atoms with Gasteiger partial charge < -0.3 is 0 Å². The van der Waals surface area contributed by atoms with Crippen molar-refractivity contribution < 1.29 is 13.4 Å². The minimum atomic E-state index is -3.40. The molecule has 0 unspecified atom stereocenters. The van der Waals surface area contributed by atoms with Gasteiger partial charge in [0.25, 0.3) is 5.82 Å². The number of nitrogens with zero attached hydrogens (tertiary/aromatic N) is 2. The first kappa shape index (κ1) is 18.9. The van der Waals surface area contributed by atoms with Crippen LogP contribution in [0.3, 0.4) is 0 Å². The zero-order valence-electron chi connectivity index (χ0n) is 16.1. The molecule has 28 heavy (non-hydrogen) atoms. The Kier molecular flexibility index (Phi) is 5.33. The molecule has 1 N–H and O–H groups in total. The van der Waals surface area contributed by atoms with Crippen LogP contribution in [0.1, 0.15) is 24.8 Å². The molecule has 0 spiro atoms. The van der Waals surface area contributed by atoms with Gasteiger partial charge in [0.1, 0.15) is 17.6 Å². The zero-order chi connectivity index (χ0) is 19.6. The van der Waals surface area contributed by atoms with E-state index in [1.807, 2.05) is 25.2 Å². The molecule has 5 nitrogen and oxygen atoms in total. The number of nitrogens with one attached hydrogen (secondary N) is 1. The van der Waals surface area contributed by atoms with Crippen LogP contribution in [0.4, 0.5) is 5.82 Å². The first-order valence-corrected chi connectivity index (χ1v) is 11.2. The molecule has 3 aromatic rings. The second kappa shape index (κ2) is 7.89. The fraction of sp³-hybridized carbons (Fsp3) is 0.318. The fourth-order valence-electron chi connectivity index (χ4n) is 3.75. The number of hydrogen-bond acceptors (Lipinski definition) is 3. The van der Waals surface area contributed by atoms with Gasteiger partial charge in [0.15, 0.2) is 0 Å². The van der Waals surface area contributed by atoms with Gasteiger partial charge in [-0.1, -0.05) is 42.8 Å². The molecule has 2 heterocycles. The van der Waals surface area contributed by atoms with E-state index in [4.69, 9.17) is 0 Å². The molecule has 1 saturated heterocycles. The van der Waals surface area contributed by atoms with E-state index in [1.165, 1.54) is 16.3 Å². The number of H-pyrrole nitrogens is 1. The zero-order valence-corrected chi connectivity index (χ0v) is 17.0. The van der Waals surface area contributed by atoms with Crippen molar-refractivity contribution in [3.8, 4) is 0 Å². The van der Waals surface area contributed by atoms with Gasteiger partial charge in [0.05, 0.1) is 7.05 Å². The van der Waals surface area contributed by atoms with Crippen LogP contribution in [0.2, 0.25) is 0 Å². The van der Waals surface area contributed by atoms with E-state index in [0.29, 0.717) is 18.0 Å². The van der Waals surface area contributed by atoms with E-state index in [-0.39, 0.29) is 0 Å². The third kappa shape index (κ3) is 3.88. The monoisotopic (exact) mass is 396 g/mol. The first-order chi connectivity index (χ1) is 13.5. The molecule has 146 valence electrons. The van der Waals surface area contributed by atoms with Crippen LogP contribution in [-0.2, 0) is 16.6 Å². The Balaban J connectivity index is 1.49. The van der Waals surface area contributed by atoms with Crippen molar-refractivity contribution in [2.24, 2.45) is 0 Å². The summed E-state index contributed by atoms with van der Waals surface area (Å²) in [6, 6.07) is 18.3. The normalized spacial score (nSPS) is 15.6. The van der Waals surface area contributed by atoms with Crippen molar-refractivity contribution >= 4 is 26.6 Å².